The molecule has 0 fully saturated rings. The van der Waals surface area contributed by atoms with Gasteiger partial charge in [0, 0.05) is 27.3 Å². The van der Waals surface area contributed by atoms with Gasteiger partial charge in [0.2, 0.25) is 10.0 Å². The van der Waals surface area contributed by atoms with Gasteiger partial charge >= 0.3 is 0 Å². The van der Waals surface area contributed by atoms with Gasteiger partial charge in [0.15, 0.2) is 0 Å². The Morgan fingerprint density at radius 2 is 1.93 bits per heavy atom. The van der Waals surface area contributed by atoms with Crippen LogP contribution in [0.1, 0.15) is 20.1 Å². The first-order chi connectivity index (χ1) is 13.6. The summed E-state index contributed by atoms with van der Waals surface area (Å²) >= 11 is 7.33. The lowest BCUT2D eigenvalue weighted by Gasteiger charge is -2.09. The molecule has 2 aromatic heterocycles. The number of hydrogen-bond donors (Lipinski definition) is 2. The summed E-state index contributed by atoms with van der Waals surface area (Å²) in [6, 6.07) is 11.6. The lowest BCUT2D eigenvalue weighted by atomic mass is 10.1. The molecule has 7 nitrogen and oxygen atoms in total. The van der Waals surface area contributed by atoms with Crippen molar-refractivity contribution in [2.45, 2.75) is 6.92 Å². The summed E-state index contributed by atoms with van der Waals surface area (Å²) in [5.41, 5.74) is 2.53. The van der Waals surface area contributed by atoms with Crippen LogP contribution in [0.15, 0.2) is 42.6 Å². The standard InChI is InChI=1S/C19H15ClN4O3S2/c1-11-16(17-4-3-12(9-21)10-22-17)8-18(28-11)19(25)23-14-5-13(20)6-15(7-14)24-29(2,26)27/h3-8,10,24H,1-2H3,(H,23,25). The van der Waals surface area contributed by atoms with Gasteiger partial charge in [-0.2, -0.15) is 5.26 Å². The molecular weight excluding hydrogens is 432 g/mol. The van der Waals surface area contributed by atoms with Gasteiger partial charge in [0.1, 0.15) is 6.07 Å². The number of amides is 1. The molecule has 10 heteroatoms. The number of sulfonamides is 1. The number of halogens is 1. The molecule has 1 aromatic carbocycles. The van der Waals surface area contributed by atoms with Crippen molar-refractivity contribution >= 4 is 50.2 Å². The minimum Gasteiger partial charge on any atom is -0.321 e. The number of thiophene rings is 1. The lowest BCUT2D eigenvalue weighted by molar-refractivity contribution is 0.103. The third kappa shape index (κ3) is 5.32. The zero-order chi connectivity index (χ0) is 21.2. The highest BCUT2D eigenvalue weighted by Crippen LogP contribution is 2.31. The van der Waals surface area contributed by atoms with Crippen molar-refractivity contribution in [1.29, 1.82) is 5.26 Å². The van der Waals surface area contributed by atoms with Crippen LogP contribution >= 0.6 is 22.9 Å². The first kappa shape index (κ1) is 20.8. The molecular formula is C19H15ClN4O3S2. The summed E-state index contributed by atoms with van der Waals surface area (Å²) in [5, 5.41) is 11.9. The van der Waals surface area contributed by atoms with Gasteiger partial charge in [-0.1, -0.05) is 11.6 Å². The molecule has 0 aliphatic carbocycles. The minimum absolute atomic E-state index is 0.250. The third-order valence-electron chi connectivity index (χ3n) is 3.77. The van der Waals surface area contributed by atoms with Gasteiger partial charge in [0.25, 0.3) is 5.91 Å². The summed E-state index contributed by atoms with van der Waals surface area (Å²) in [6.45, 7) is 1.88. The molecule has 0 aliphatic rings. The Morgan fingerprint density at radius 1 is 1.21 bits per heavy atom. The van der Waals surface area contributed by atoms with Crippen LogP contribution < -0.4 is 10.0 Å². The predicted octanol–water partition coefficient (Wildman–Crippen LogP) is 4.27. The lowest BCUT2D eigenvalue weighted by Crippen LogP contribution is -2.12. The van der Waals surface area contributed by atoms with Crippen LogP contribution in [0.4, 0.5) is 11.4 Å². The number of aromatic nitrogens is 1. The Hall–Kier alpha value is -2.93. The number of anilines is 2. The maximum Gasteiger partial charge on any atom is 0.265 e. The highest BCUT2D eigenvalue weighted by molar-refractivity contribution is 7.92. The summed E-state index contributed by atoms with van der Waals surface area (Å²) in [5.74, 6) is -0.356. The molecule has 0 radical (unpaired) electrons. The Labute approximate surface area is 177 Å². The first-order valence-corrected chi connectivity index (χ1v) is 11.3. The van der Waals surface area contributed by atoms with Crippen molar-refractivity contribution in [2.75, 3.05) is 16.3 Å². The maximum atomic E-state index is 12.7. The number of carbonyl (C=O) groups is 1. The Morgan fingerprint density at radius 3 is 2.55 bits per heavy atom. The van der Waals surface area contributed by atoms with E-state index >= 15 is 0 Å². The molecule has 2 N–H and O–H groups in total. The molecule has 0 saturated carbocycles. The second kappa shape index (κ2) is 8.21. The van der Waals surface area contributed by atoms with Gasteiger partial charge in [-0.05, 0) is 43.3 Å². The molecule has 3 rings (SSSR count). The van der Waals surface area contributed by atoms with Crippen molar-refractivity contribution < 1.29 is 13.2 Å². The van der Waals surface area contributed by atoms with E-state index in [-0.39, 0.29) is 16.6 Å². The smallest absolute Gasteiger partial charge is 0.265 e. The van der Waals surface area contributed by atoms with E-state index in [2.05, 4.69) is 15.0 Å². The van der Waals surface area contributed by atoms with Gasteiger partial charge in [-0.15, -0.1) is 11.3 Å². The molecule has 1 amide bonds. The number of nitrogens with one attached hydrogen (secondary N) is 2. The number of rotatable bonds is 5. The number of nitriles is 1. The van der Waals surface area contributed by atoms with E-state index in [1.807, 2.05) is 13.0 Å². The van der Waals surface area contributed by atoms with Crippen LogP contribution in [-0.2, 0) is 10.0 Å². The van der Waals surface area contributed by atoms with Crippen LogP contribution in [-0.4, -0.2) is 25.6 Å². The van der Waals surface area contributed by atoms with Crippen molar-refractivity contribution in [3.8, 4) is 17.3 Å². The molecule has 0 saturated heterocycles. The van der Waals surface area contributed by atoms with E-state index in [1.165, 1.54) is 35.7 Å². The number of benzene rings is 1. The van der Waals surface area contributed by atoms with E-state index < -0.39 is 10.0 Å². The molecule has 0 atom stereocenters. The number of hydrogen-bond acceptors (Lipinski definition) is 6. The van der Waals surface area contributed by atoms with E-state index in [0.717, 1.165) is 16.7 Å². The normalized spacial score (nSPS) is 11.0. The summed E-state index contributed by atoms with van der Waals surface area (Å²) in [4.78, 5) is 18.3. The van der Waals surface area contributed by atoms with Gasteiger partial charge in [0.05, 0.1) is 28.1 Å². The van der Waals surface area contributed by atoms with Crippen molar-refractivity contribution in [3.05, 3.63) is 62.9 Å². The number of pyridine rings is 1. The molecule has 2 heterocycles. The second-order valence-corrected chi connectivity index (χ2v) is 9.62. The van der Waals surface area contributed by atoms with Crippen LogP contribution in [0.25, 0.3) is 11.3 Å². The predicted molar refractivity (Wildman–Crippen MR) is 115 cm³/mol. The van der Waals surface area contributed by atoms with Crippen molar-refractivity contribution in [2.24, 2.45) is 0 Å². The fourth-order valence-corrected chi connectivity index (χ4v) is 4.30. The molecule has 29 heavy (non-hydrogen) atoms. The fraction of sp³-hybridized carbons (Fsp3) is 0.105. The highest BCUT2D eigenvalue weighted by atomic mass is 35.5. The molecule has 0 bridgehead atoms. The Kier molecular flexibility index (Phi) is 5.88. The molecule has 0 aliphatic heterocycles. The Balaban J connectivity index is 1.84. The van der Waals surface area contributed by atoms with Crippen molar-refractivity contribution in [1.82, 2.24) is 4.98 Å². The molecule has 0 spiro atoms. The number of carbonyl (C=O) groups excluding carboxylic acids is 1. The van der Waals surface area contributed by atoms with Gasteiger partial charge in [-0.25, -0.2) is 8.42 Å². The summed E-state index contributed by atoms with van der Waals surface area (Å²) < 4.78 is 25.2. The average Bonchev–Trinajstić information content (AvgIpc) is 3.01. The molecule has 148 valence electrons. The third-order valence-corrected chi connectivity index (χ3v) is 5.64. The van der Waals surface area contributed by atoms with E-state index in [1.54, 1.807) is 18.2 Å². The topological polar surface area (TPSA) is 112 Å². The zero-order valence-corrected chi connectivity index (χ0v) is 17.7. The SMILES string of the molecule is Cc1sc(C(=O)Nc2cc(Cl)cc(NS(C)(=O)=O)c2)cc1-c1ccc(C#N)cn1. The quantitative estimate of drug-likeness (QED) is 0.607. The zero-order valence-electron chi connectivity index (χ0n) is 15.4. The van der Waals surface area contributed by atoms with Crippen LogP contribution in [0.5, 0.6) is 0 Å². The van der Waals surface area contributed by atoms with Gasteiger partial charge in [-0.3, -0.25) is 14.5 Å². The minimum atomic E-state index is -3.48. The van der Waals surface area contributed by atoms with E-state index in [9.17, 15) is 13.2 Å². The molecule has 0 unspecified atom stereocenters. The van der Waals surface area contributed by atoms with Crippen molar-refractivity contribution in [3.63, 3.8) is 0 Å². The highest BCUT2D eigenvalue weighted by Gasteiger charge is 2.15. The van der Waals surface area contributed by atoms with Crippen LogP contribution in [0, 0.1) is 18.3 Å². The largest absolute Gasteiger partial charge is 0.321 e. The second-order valence-electron chi connectivity index (χ2n) is 6.18. The van der Waals surface area contributed by atoms with Crippen LogP contribution in [0.3, 0.4) is 0 Å². The van der Waals surface area contributed by atoms with Crippen LogP contribution in [0.2, 0.25) is 5.02 Å². The number of aryl methyl sites for hydroxylation is 1. The summed E-state index contributed by atoms with van der Waals surface area (Å²) in [6.07, 6.45) is 2.51. The fourth-order valence-electron chi connectivity index (χ4n) is 2.60. The van der Waals surface area contributed by atoms with E-state index in [0.29, 0.717) is 21.8 Å². The first-order valence-electron chi connectivity index (χ1n) is 8.21. The monoisotopic (exact) mass is 446 g/mol. The molecule has 3 aromatic rings. The van der Waals surface area contributed by atoms with E-state index in [4.69, 9.17) is 16.9 Å². The maximum absolute atomic E-state index is 12.7. The van der Waals surface area contributed by atoms with Gasteiger partial charge < -0.3 is 5.32 Å². The Bertz CT molecular complexity index is 1230. The summed E-state index contributed by atoms with van der Waals surface area (Å²) in [7, 11) is -3.48. The number of nitrogens with zero attached hydrogens (tertiary/aromatic N) is 2. The average molecular weight is 447 g/mol.